The van der Waals surface area contributed by atoms with E-state index in [9.17, 15) is 4.79 Å². The van der Waals surface area contributed by atoms with Crippen molar-refractivity contribution in [2.45, 2.75) is 19.0 Å². The SMILES string of the molecule is Cc1cc(C(=O)CSc2nnnn2-c2ccccc2)c(C)n1-c1ccccc1. The second-order valence-electron chi connectivity index (χ2n) is 6.38. The highest BCUT2D eigenvalue weighted by atomic mass is 32.2. The third-order valence-corrected chi connectivity index (χ3v) is 5.44. The molecule has 4 aromatic rings. The van der Waals surface area contributed by atoms with Gasteiger partial charge in [-0.25, -0.2) is 0 Å². The Labute approximate surface area is 167 Å². The minimum atomic E-state index is 0.0582. The first kappa shape index (κ1) is 18.2. The van der Waals surface area contributed by atoms with Gasteiger partial charge in [0.1, 0.15) is 0 Å². The maximum absolute atomic E-state index is 12.9. The molecule has 0 fully saturated rings. The molecule has 0 saturated carbocycles. The molecule has 0 aliphatic rings. The molecule has 0 saturated heterocycles. The lowest BCUT2D eigenvalue weighted by Crippen LogP contribution is -2.07. The molecule has 0 bridgehead atoms. The van der Waals surface area contributed by atoms with E-state index in [4.69, 9.17) is 0 Å². The number of carbonyl (C=O) groups excluding carboxylic acids is 1. The van der Waals surface area contributed by atoms with Gasteiger partial charge in [-0.3, -0.25) is 4.79 Å². The summed E-state index contributed by atoms with van der Waals surface area (Å²) >= 11 is 1.34. The van der Waals surface area contributed by atoms with E-state index in [1.54, 1.807) is 4.68 Å². The number of hydrogen-bond donors (Lipinski definition) is 0. The maximum atomic E-state index is 12.9. The Bertz CT molecular complexity index is 1100. The first-order valence-corrected chi connectivity index (χ1v) is 9.88. The standard InChI is InChI=1S/C21H19N5OS/c1-15-13-19(16(2)25(15)17-9-5-3-6-10-17)20(27)14-28-21-22-23-24-26(21)18-11-7-4-8-12-18/h3-13H,14H2,1-2H3. The van der Waals surface area contributed by atoms with Crippen LogP contribution in [0, 0.1) is 13.8 Å². The van der Waals surface area contributed by atoms with Crippen molar-refractivity contribution in [2.75, 3.05) is 5.75 Å². The predicted molar refractivity (Wildman–Crippen MR) is 109 cm³/mol. The number of hydrogen-bond acceptors (Lipinski definition) is 5. The molecule has 0 aliphatic heterocycles. The van der Waals surface area contributed by atoms with Crippen molar-refractivity contribution >= 4 is 17.5 Å². The molecular formula is C21H19N5OS. The molecule has 6 nitrogen and oxygen atoms in total. The fourth-order valence-electron chi connectivity index (χ4n) is 3.23. The summed E-state index contributed by atoms with van der Waals surface area (Å²) in [7, 11) is 0. The van der Waals surface area contributed by atoms with Gasteiger partial charge in [-0.15, -0.1) is 5.10 Å². The average Bonchev–Trinajstić information content (AvgIpc) is 3.31. The molecule has 0 amide bonds. The molecular weight excluding hydrogens is 370 g/mol. The van der Waals surface area contributed by atoms with Gasteiger partial charge in [-0.05, 0) is 54.6 Å². The number of para-hydroxylation sites is 2. The Morgan fingerprint density at radius 2 is 1.61 bits per heavy atom. The average molecular weight is 389 g/mol. The second kappa shape index (κ2) is 7.82. The molecule has 0 radical (unpaired) electrons. The largest absolute Gasteiger partial charge is 0.318 e. The highest BCUT2D eigenvalue weighted by Gasteiger charge is 2.18. The molecule has 0 spiro atoms. The quantitative estimate of drug-likeness (QED) is 0.368. The Morgan fingerprint density at radius 1 is 0.964 bits per heavy atom. The van der Waals surface area contributed by atoms with Crippen molar-refractivity contribution in [1.29, 1.82) is 0 Å². The number of nitrogens with zero attached hydrogens (tertiary/aromatic N) is 5. The third-order valence-electron chi connectivity index (χ3n) is 4.52. The van der Waals surface area contributed by atoms with Crippen molar-refractivity contribution in [3.05, 3.63) is 83.7 Å². The fourth-order valence-corrected chi connectivity index (χ4v) is 4.00. The summed E-state index contributed by atoms with van der Waals surface area (Å²) in [6, 6.07) is 21.6. The molecule has 0 unspecified atom stereocenters. The minimum absolute atomic E-state index is 0.0582. The van der Waals surface area contributed by atoms with Crippen molar-refractivity contribution in [3.63, 3.8) is 0 Å². The van der Waals surface area contributed by atoms with E-state index in [1.165, 1.54) is 11.8 Å². The van der Waals surface area contributed by atoms with Gasteiger partial charge in [0, 0.05) is 22.6 Å². The monoisotopic (exact) mass is 389 g/mol. The predicted octanol–water partition coefficient (Wildman–Crippen LogP) is 4.04. The highest BCUT2D eigenvalue weighted by Crippen LogP contribution is 2.24. The van der Waals surface area contributed by atoms with Crippen LogP contribution in [-0.2, 0) is 0 Å². The Kier molecular flexibility index (Phi) is 5.08. The zero-order chi connectivity index (χ0) is 19.5. The lowest BCUT2D eigenvalue weighted by molar-refractivity contribution is 0.102. The molecule has 28 heavy (non-hydrogen) atoms. The van der Waals surface area contributed by atoms with Gasteiger partial charge in [-0.2, -0.15) is 4.68 Å². The summed E-state index contributed by atoms with van der Waals surface area (Å²) in [6.45, 7) is 3.99. The topological polar surface area (TPSA) is 65.6 Å². The van der Waals surface area contributed by atoms with Gasteiger partial charge in [-0.1, -0.05) is 48.2 Å². The number of benzene rings is 2. The lowest BCUT2D eigenvalue weighted by atomic mass is 10.2. The molecule has 2 aromatic carbocycles. The molecule has 2 heterocycles. The van der Waals surface area contributed by atoms with E-state index >= 15 is 0 Å². The van der Waals surface area contributed by atoms with Crippen molar-refractivity contribution < 1.29 is 4.79 Å². The Balaban J connectivity index is 1.54. The van der Waals surface area contributed by atoms with Crippen LogP contribution in [0.3, 0.4) is 0 Å². The van der Waals surface area contributed by atoms with Gasteiger partial charge in [0.05, 0.1) is 11.4 Å². The normalized spacial score (nSPS) is 10.9. The molecule has 0 N–H and O–H groups in total. The number of tetrazole rings is 1. The van der Waals surface area contributed by atoms with Gasteiger partial charge in [0.2, 0.25) is 5.16 Å². The summed E-state index contributed by atoms with van der Waals surface area (Å²) in [6.07, 6.45) is 0. The number of Topliss-reactive ketones (excluding diaryl/α,β-unsaturated/α-hetero) is 1. The summed E-state index contributed by atoms with van der Waals surface area (Å²) in [5, 5.41) is 12.4. The van der Waals surface area contributed by atoms with E-state index in [0.29, 0.717) is 5.16 Å². The molecule has 0 aliphatic carbocycles. The van der Waals surface area contributed by atoms with Crippen LogP contribution < -0.4 is 0 Å². The lowest BCUT2D eigenvalue weighted by Gasteiger charge is -2.09. The van der Waals surface area contributed by atoms with Crippen LogP contribution in [-0.4, -0.2) is 36.3 Å². The van der Waals surface area contributed by atoms with E-state index in [0.717, 1.165) is 28.3 Å². The van der Waals surface area contributed by atoms with Crippen LogP contribution >= 0.6 is 11.8 Å². The van der Waals surface area contributed by atoms with Gasteiger partial charge >= 0.3 is 0 Å². The van der Waals surface area contributed by atoms with Crippen molar-refractivity contribution in [3.8, 4) is 11.4 Å². The van der Waals surface area contributed by atoms with E-state index in [1.807, 2.05) is 80.6 Å². The smallest absolute Gasteiger partial charge is 0.214 e. The Morgan fingerprint density at radius 3 is 2.29 bits per heavy atom. The summed E-state index contributed by atoms with van der Waals surface area (Å²) in [5.74, 6) is 0.328. The first-order chi connectivity index (χ1) is 13.6. The number of carbonyl (C=O) groups is 1. The zero-order valence-corrected chi connectivity index (χ0v) is 16.4. The summed E-state index contributed by atoms with van der Waals surface area (Å²) in [4.78, 5) is 12.9. The summed E-state index contributed by atoms with van der Waals surface area (Å²) < 4.78 is 3.75. The first-order valence-electron chi connectivity index (χ1n) is 8.89. The van der Waals surface area contributed by atoms with Crippen LogP contribution in [0.5, 0.6) is 0 Å². The van der Waals surface area contributed by atoms with E-state index < -0.39 is 0 Å². The number of ketones is 1. The zero-order valence-electron chi connectivity index (χ0n) is 15.6. The van der Waals surface area contributed by atoms with Crippen LogP contribution in [0.15, 0.2) is 71.9 Å². The van der Waals surface area contributed by atoms with Crippen molar-refractivity contribution in [2.24, 2.45) is 0 Å². The minimum Gasteiger partial charge on any atom is -0.318 e. The third kappa shape index (κ3) is 3.48. The van der Waals surface area contributed by atoms with Crippen LogP contribution in [0.2, 0.25) is 0 Å². The second-order valence-corrected chi connectivity index (χ2v) is 7.32. The van der Waals surface area contributed by atoms with E-state index in [2.05, 4.69) is 20.1 Å². The molecule has 2 aromatic heterocycles. The molecule has 4 rings (SSSR count). The van der Waals surface area contributed by atoms with Crippen molar-refractivity contribution in [1.82, 2.24) is 24.8 Å². The van der Waals surface area contributed by atoms with E-state index in [-0.39, 0.29) is 11.5 Å². The molecule has 140 valence electrons. The van der Waals surface area contributed by atoms with Crippen LogP contribution in [0.25, 0.3) is 11.4 Å². The van der Waals surface area contributed by atoms with Crippen LogP contribution in [0.4, 0.5) is 0 Å². The van der Waals surface area contributed by atoms with Gasteiger partial charge in [0.15, 0.2) is 5.78 Å². The Hall–Kier alpha value is -3.19. The molecule has 7 heteroatoms. The highest BCUT2D eigenvalue weighted by molar-refractivity contribution is 7.99. The number of aryl methyl sites for hydroxylation is 1. The number of aromatic nitrogens is 5. The maximum Gasteiger partial charge on any atom is 0.214 e. The number of rotatable bonds is 6. The van der Waals surface area contributed by atoms with Crippen LogP contribution in [0.1, 0.15) is 21.7 Å². The summed E-state index contributed by atoms with van der Waals surface area (Å²) in [5.41, 5.74) is 4.62. The number of thioether (sulfide) groups is 1. The molecule has 0 atom stereocenters. The fraction of sp³-hybridized carbons (Fsp3) is 0.143. The van der Waals surface area contributed by atoms with Gasteiger partial charge < -0.3 is 4.57 Å². The van der Waals surface area contributed by atoms with Gasteiger partial charge in [0.25, 0.3) is 0 Å².